The number of ether oxygens (including phenoxy) is 1. The van der Waals surface area contributed by atoms with Gasteiger partial charge in [0.2, 0.25) is 0 Å². The average Bonchev–Trinajstić information content (AvgIpc) is 2.94. The summed E-state index contributed by atoms with van der Waals surface area (Å²) in [5.41, 5.74) is 0.563. The third-order valence-corrected chi connectivity index (χ3v) is 3.20. The Morgan fingerprint density at radius 1 is 1.47 bits per heavy atom. The van der Waals surface area contributed by atoms with Crippen LogP contribution in [0.2, 0.25) is 0 Å². The molecule has 0 bridgehead atoms. The van der Waals surface area contributed by atoms with Crippen LogP contribution in [0.4, 0.5) is 4.79 Å². The van der Waals surface area contributed by atoms with Crippen LogP contribution in [-0.4, -0.2) is 47.6 Å². The summed E-state index contributed by atoms with van der Waals surface area (Å²) in [5, 5.41) is 2.96. The molecule has 19 heavy (non-hydrogen) atoms. The van der Waals surface area contributed by atoms with E-state index in [1.165, 1.54) is 0 Å². The summed E-state index contributed by atoms with van der Waals surface area (Å²) in [6.07, 6.45) is 2.96. The molecule has 104 valence electrons. The summed E-state index contributed by atoms with van der Waals surface area (Å²) in [6.45, 7) is 3.42. The Balaban J connectivity index is 1.77. The molecule has 2 rings (SSSR count). The van der Waals surface area contributed by atoms with E-state index in [1.54, 1.807) is 30.2 Å². The molecule has 1 aliphatic rings. The number of hydrogen-bond acceptors (Lipinski definition) is 3. The second kappa shape index (κ2) is 6.26. The van der Waals surface area contributed by atoms with Crippen LogP contribution in [0.15, 0.2) is 18.3 Å². The van der Waals surface area contributed by atoms with Crippen molar-refractivity contribution in [3.8, 4) is 0 Å². The first kappa shape index (κ1) is 13.5. The van der Waals surface area contributed by atoms with E-state index >= 15 is 0 Å². The molecule has 0 atom stereocenters. The number of likely N-dealkylation sites (tertiary alicyclic amines) is 1. The van der Waals surface area contributed by atoms with E-state index in [9.17, 15) is 9.59 Å². The number of amides is 2. The molecule has 2 amide bonds. The Hall–Kier alpha value is -1.98. The maximum Gasteiger partial charge on any atom is 0.409 e. The Morgan fingerprint density at radius 2 is 2.21 bits per heavy atom. The fraction of sp³-hybridized carbons (Fsp3) is 0.538. The van der Waals surface area contributed by atoms with Gasteiger partial charge in [-0.05, 0) is 31.9 Å². The summed E-state index contributed by atoms with van der Waals surface area (Å²) in [4.78, 5) is 27.9. The van der Waals surface area contributed by atoms with Gasteiger partial charge in [-0.25, -0.2) is 4.79 Å². The molecule has 1 aliphatic heterocycles. The number of carbonyl (C=O) groups is 2. The molecular weight excluding hydrogens is 246 g/mol. The molecule has 0 aromatic carbocycles. The van der Waals surface area contributed by atoms with Crippen molar-refractivity contribution in [2.24, 2.45) is 0 Å². The minimum atomic E-state index is -0.267. The molecule has 2 heterocycles. The predicted molar refractivity (Wildman–Crippen MR) is 69.9 cm³/mol. The summed E-state index contributed by atoms with van der Waals surface area (Å²) in [7, 11) is 0. The van der Waals surface area contributed by atoms with Crippen LogP contribution in [-0.2, 0) is 4.74 Å². The van der Waals surface area contributed by atoms with Gasteiger partial charge in [0, 0.05) is 25.3 Å². The molecule has 0 aliphatic carbocycles. The molecule has 6 nitrogen and oxygen atoms in total. The smallest absolute Gasteiger partial charge is 0.409 e. The molecule has 6 heteroatoms. The number of aromatic amines is 1. The number of carbonyl (C=O) groups excluding carboxylic acids is 2. The van der Waals surface area contributed by atoms with Gasteiger partial charge in [-0.15, -0.1) is 0 Å². The molecule has 1 fully saturated rings. The zero-order valence-electron chi connectivity index (χ0n) is 11.0. The van der Waals surface area contributed by atoms with Crippen molar-refractivity contribution in [2.45, 2.75) is 25.8 Å². The van der Waals surface area contributed by atoms with Crippen LogP contribution in [0.5, 0.6) is 0 Å². The van der Waals surface area contributed by atoms with Crippen LogP contribution < -0.4 is 5.32 Å². The van der Waals surface area contributed by atoms with Crippen molar-refractivity contribution < 1.29 is 14.3 Å². The van der Waals surface area contributed by atoms with Gasteiger partial charge in [0.1, 0.15) is 5.69 Å². The Labute approximate surface area is 112 Å². The standard InChI is InChI=1S/C13H19N3O3/c1-2-19-13(18)16-8-5-10(6-9-16)15-12(17)11-4-3-7-14-11/h3-4,7,10,14H,2,5-6,8-9H2,1H3,(H,15,17). The van der Waals surface area contributed by atoms with Crippen LogP contribution in [0.25, 0.3) is 0 Å². The summed E-state index contributed by atoms with van der Waals surface area (Å²) in [5.74, 6) is -0.0976. The first-order chi connectivity index (χ1) is 9.20. The third-order valence-electron chi connectivity index (χ3n) is 3.20. The lowest BCUT2D eigenvalue weighted by Crippen LogP contribution is -2.46. The molecule has 0 saturated carbocycles. The van der Waals surface area contributed by atoms with Gasteiger partial charge < -0.3 is 19.9 Å². The van der Waals surface area contributed by atoms with E-state index in [-0.39, 0.29) is 18.0 Å². The highest BCUT2D eigenvalue weighted by Crippen LogP contribution is 2.12. The minimum absolute atomic E-state index is 0.0976. The van der Waals surface area contributed by atoms with Crippen LogP contribution in [0, 0.1) is 0 Å². The van der Waals surface area contributed by atoms with E-state index in [0.29, 0.717) is 25.4 Å². The maximum atomic E-state index is 11.8. The molecule has 0 radical (unpaired) electrons. The SMILES string of the molecule is CCOC(=O)N1CCC(NC(=O)c2ccc[nH]2)CC1. The number of rotatable bonds is 3. The average molecular weight is 265 g/mol. The normalized spacial score (nSPS) is 16.2. The summed E-state index contributed by atoms with van der Waals surface area (Å²) in [6, 6.07) is 3.64. The monoisotopic (exact) mass is 265 g/mol. The molecule has 2 N–H and O–H groups in total. The van der Waals surface area contributed by atoms with Gasteiger partial charge in [0.05, 0.1) is 6.61 Å². The molecule has 0 unspecified atom stereocenters. The topological polar surface area (TPSA) is 74.4 Å². The fourth-order valence-corrected chi connectivity index (χ4v) is 2.16. The third kappa shape index (κ3) is 3.49. The van der Waals surface area contributed by atoms with E-state index < -0.39 is 0 Å². The van der Waals surface area contributed by atoms with Crippen LogP contribution in [0.3, 0.4) is 0 Å². The summed E-state index contributed by atoms with van der Waals surface area (Å²) < 4.78 is 4.95. The van der Waals surface area contributed by atoms with Gasteiger partial charge in [0.15, 0.2) is 0 Å². The second-order valence-electron chi connectivity index (χ2n) is 4.52. The number of hydrogen-bond donors (Lipinski definition) is 2. The van der Waals surface area contributed by atoms with Gasteiger partial charge in [-0.3, -0.25) is 4.79 Å². The van der Waals surface area contributed by atoms with E-state index in [2.05, 4.69) is 10.3 Å². The van der Waals surface area contributed by atoms with Gasteiger partial charge in [0.25, 0.3) is 5.91 Å². The first-order valence-electron chi connectivity index (χ1n) is 6.56. The lowest BCUT2D eigenvalue weighted by atomic mass is 10.1. The zero-order valence-corrected chi connectivity index (χ0v) is 11.0. The van der Waals surface area contributed by atoms with Crippen molar-refractivity contribution in [1.82, 2.24) is 15.2 Å². The quantitative estimate of drug-likeness (QED) is 0.866. The highest BCUT2D eigenvalue weighted by molar-refractivity contribution is 5.92. The molecule has 0 spiro atoms. The van der Waals surface area contributed by atoms with Crippen LogP contribution >= 0.6 is 0 Å². The molecular formula is C13H19N3O3. The molecule has 1 saturated heterocycles. The Bertz CT molecular complexity index is 422. The predicted octanol–water partition coefficient (Wildman–Crippen LogP) is 1.37. The maximum absolute atomic E-state index is 11.8. The van der Waals surface area contributed by atoms with E-state index in [0.717, 1.165) is 12.8 Å². The number of nitrogens with one attached hydrogen (secondary N) is 2. The Morgan fingerprint density at radius 3 is 2.79 bits per heavy atom. The van der Waals surface area contributed by atoms with Gasteiger partial charge >= 0.3 is 6.09 Å². The highest BCUT2D eigenvalue weighted by atomic mass is 16.6. The highest BCUT2D eigenvalue weighted by Gasteiger charge is 2.24. The lowest BCUT2D eigenvalue weighted by Gasteiger charge is -2.31. The summed E-state index contributed by atoms with van der Waals surface area (Å²) >= 11 is 0. The van der Waals surface area contributed by atoms with Crippen molar-refractivity contribution in [2.75, 3.05) is 19.7 Å². The van der Waals surface area contributed by atoms with Crippen molar-refractivity contribution in [3.05, 3.63) is 24.0 Å². The fourth-order valence-electron chi connectivity index (χ4n) is 2.16. The number of nitrogens with zero attached hydrogens (tertiary/aromatic N) is 1. The van der Waals surface area contributed by atoms with Crippen molar-refractivity contribution in [3.63, 3.8) is 0 Å². The molecule has 1 aromatic rings. The second-order valence-corrected chi connectivity index (χ2v) is 4.52. The van der Waals surface area contributed by atoms with Crippen molar-refractivity contribution >= 4 is 12.0 Å². The van der Waals surface area contributed by atoms with Crippen molar-refractivity contribution in [1.29, 1.82) is 0 Å². The van der Waals surface area contributed by atoms with E-state index in [1.807, 2.05) is 0 Å². The largest absolute Gasteiger partial charge is 0.450 e. The van der Waals surface area contributed by atoms with Gasteiger partial charge in [-0.1, -0.05) is 0 Å². The first-order valence-corrected chi connectivity index (χ1v) is 6.56. The van der Waals surface area contributed by atoms with E-state index in [4.69, 9.17) is 4.74 Å². The number of aromatic nitrogens is 1. The zero-order chi connectivity index (χ0) is 13.7. The van der Waals surface area contributed by atoms with Crippen LogP contribution in [0.1, 0.15) is 30.3 Å². The lowest BCUT2D eigenvalue weighted by molar-refractivity contribution is 0.0857. The number of H-pyrrole nitrogens is 1. The van der Waals surface area contributed by atoms with Gasteiger partial charge in [-0.2, -0.15) is 0 Å². The number of piperidine rings is 1. The molecule has 1 aromatic heterocycles. The Kier molecular flexibility index (Phi) is 4.43. The minimum Gasteiger partial charge on any atom is -0.450 e.